The van der Waals surface area contributed by atoms with Gasteiger partial charge in [0.1, 0.15) is 5.54 Å². The summed E-state index contributed by atoms with van der Waals surface area (Å²) in [6.45, 7) is 3.90. The molecule has 7 nitrogen and oxygen atoms in total. The zero-order chi connectivity index (χ0) is 25.5. The van der Waals surface area contributed by atoms with E-state index in [0.717, 1.165) is 33.2 Å². The van der Waals surface area contributed by atoms with E-state index in [1.807, 2.05) is 86.8 Å². The van der Waals surface area contributed by atoms with Crippen LogP contribution in [0.25, 0.3) is 10.9 Å². The summed E-state index contributed by atoms with van der Waals surface area (Å²) in [5.74, 6) is -2.40. The highest BCUT2D eigenvalue weighted by molar-refractivity contribution is 6.25. The molecule has 3 amide bonds. The minimum absolute atomic E-state index is 0.258. The van der Waals surface area contributed by atoms with Gasteiger partial charge in [0.15, 0.2) is 0 Å². The molecule has 3 aromatic carbocycles. The van der Waals surface area contributed by atoms with Crippen molar-refractivity contribution >= 4 is 40.0 Å². The van der Waals surface area contributed by atoms with Crippen LogP contribution in [0.3, 0.4) is 0 Å². The largest absolute Gasteiger partial charge is 0.361 e. The second-order valence-corrected chi connectivity index (χ2v) is 10.5. The Morgan fingerprint density at radius 3 is 2.43 bits per heavy atom. The van der Waals surface area contributed by atoms with Crippen LogP contribution in [0.5, 0.6) is 0 Å². The summed E-state index contributed by atoms with van der Waals surface area (Å²) in [5.41, 5.74) is 4.65. The van der Waals surface area contributed by atoms with Crippen LogP contribution >= 0.6 is 0 Å². The number of aryl methyl sites for hydroxylation is 2. The SMILES string of the molecule is Cc1cc(C)cc(N2C(=O)C3C(Cc4c[nH]c5ccccc45)NC4(C(=O)Nc5ccccc54)C3C2=O)c1. The topological polar surface area (TPSA) is 94.3 Å². The van der Waals surface area contributed by atoms with E-state index >= 15 is 0 Å². The number of aromatic amines is 1. The Kier molecular flexibility index (Phi) is 4.54. The molecular weight excluding hydrogens is 464 g/mol. The number of amides is 3. The third-order valence-corrected chi connectivity index (χ3v) is 8.20. The number of imide groups is 1. The van der Waals surface area contributed by atoms with Crippen LogP contribution in [0.4, 0.5) is 11.4 Å². The van der Waals surface area contributed by atoms with Gasteiger partial charge in [0.05, 0.1) is 17.5 Å². The molecule has 0 radical (unpaired) electrons. The van der Waals surface area contributed by atoms with Gasteiger partial charge in [0.25, 0.3) is 0 Å². The molecule has 3 aliphatic heterocycles. The van der Waals surface area contributed by atoms with Crippen LogP contribution < -0.4 is 15.5 Å². The van der Waals surface area contributed by atoms with Gasteiger partial charge >= 0.3 is 0 Å². The fraction of sp³-hybridized carbons (Fsp3) is 0.233. The first-order valence-corrected chi connectivity index (χ1v) is 12.6. The monoisotopic (exact) mass is 490 g/mol. The average Bonchev–Trinajstić information content (AvgIpc) is 3.57. The summed E-state index contributed by atoms with van der Waals surface area (Å²) in [5, 5.41) is 7.58. The molecule has 4 unspecified atom stereocenters. The quantitative estimate of drug-likeness (QED) is 0.379. The number of fused-ring (bicyclic) bond motifs is 5. The molecule has 2 saturated heterocycles. The predicted octanol–water partition coefficient (Wildman–Crippen LogP) is 3.95. The molecule has 2 fully saturated rings. The zero-order valence-corrected chi connectivity index (χ0v) is 20.5. The highest BCUT2D eigenvalue weighted by Gasteiger charge is 2.70. The number of rotatable bonds is 3. The number of hydrogen-bond acceptors (Lipinski definition) is 4. The normalized spacial score (nSPS) is 26.3. The van der Waals surface area contributed by atoms with Crippen molar-refractivity contribution in [2.45, 2.75) is 31.8 Å². The van der Waals surface area contributed by atoms with E-state index in [4.69, 9.17) is 0 Å². The molecule has 4 heterocycles. The number of aromatic nitrogens is 1. The summed E-state index contributed by atoms with van der Waals surface area (Å²) < 4.78 is 0. The van der Waals surface area contributed by atoms with E-state index in [1.165, 1.54) is 4.90 Å². The van der Waals surface area contributed by atoms with Gasteiger partial charge in [-0.3, -0.25) is 19.7 Å². The van der Waals surface area contributed by atoms with Crippen LogP contribution in [0.2, 0.25) is 0 Å². The minimum atomic E-state index is -1.31. The number of anilines is 2. The van der Waals surface area contributed by atoms with Crippen LogP contribution in [0, 0.1) is 25.7 Å². The fourth-order valence-corrected chi connectivity index (χ4v) is 6.80. The molecule has 3 aliphatic rings. The van der Waals surface area contributed by atoms with Crippen LogP contribution in [0.15, 0.2) is 72.9 Å². The average molecular weight is 491 g/mol. The van der Waals surface area contributed by atoms with Gasteiger partial charge in [-0.2, -0.15) is 0 Å². The van der Waals surface area contributed by atoms with Gasteiger partial charge in [0, 0.05) is 34.4 Å². The van der Waals surface area contributed by atoms with Gasteiger partial charge in [-0.25, -0.2) is 4.90 Å². The maximum atomic E-state index is 14.2. The number of carbonyl (C=O) groups excluding carboxylic acids is 3. The number of H-pyrrole nitrogens is 1. The Morgan fingerprint density at radius 1 is 0.892 bits per heavy atom. The summed E-state index contributed by atoms with van der Waals surface area (Å²) in [4.78, 5) is 46.6. The van der Waals surface area contributed by atoms with Gasteiger partial charge in [-0.1, -0.05) is 42.5 Å². The Morgan fingerprint density at radius 2 is 1.62 bits per heavy atom. The molecule has 0 saturated carbocycles. The van der Waals surface area contributed by atoms with Crippen molar-refractivity contribution < 1.29 is 14.4 Å². The lowest BCUT2D eigenvalue weighted by Gasteiger charge is -2.29. The molecule has 7 rings (SSSR count). The molecule has 1 aromatic heterocycles. The standard InChI is InChI=1S/C30H26N4O3/c1-16-11-17(2)13-19(12-16)34-27(35)25-24(14-18-15-31-22-9-5-3-7-20(18)22)33-30(26(25)28(34)36)21-8-4-6-10-23(21)32-29(30)37/h3-13,15,24-26,31,33H,14H2,1-2H3,(H,32,37). The Balaban J connectivity index is 1.38. The van der Waals surface area contributed by atoms with Crippen molar-refractivity contribution in [3.05, 3.63) is 95.2 Å². The molecule has 1 spiro atoms. The van der Waals surface area contributed by atoms with Crippen molar-refractivity contribution in [1.29, 1.82) is 0 Å². The molecule has 4 atom stereocenters. The number of nitrogens with zero attached hydrogens (tertiary/aromatic N) is 1. The summed E-state index contributed by atoms with van der Waals surface area (Å²) in [6.07, 6.45) is 2.46. The Labute approximate surface area is 213 Å². The smallest absolute Gasteiger partial charge is 0.250 e. The number of para-hydroxylation sites is 2. The van der Waals surface area contributed by atoms with Crippen molar-refractivity contribution in [2.75, 3.05) is 10.2 Å². The highest BCUT2D eigenvalue weighted by atomic mass is 16.2. The lowest BCUT2D eigenvalue weighted by Crippen LogP contribution is -2.53. The molecule has 37 heavy (non-hydrogen) atoms. The van der Waals surface area contributed by atoms with Crippen molar-refractivity contribution in [1.82, 2.24) is 10.3 Å². The lowest BCUT2D eigenvalue weighted by atomic mass is 9.76. The summed E-state index contributed by atoms with van der Waals surface area (Å²) >= 11 is 0. The first-order valence-electron chi connectivity index (χ1n) is 12.6. The molecule has 0 bridgehead atoms. The van der Waals surface area contributed by atoms with Gasteiger partial charge < -0.3 is 10.3 Å². The lowest BCUT2D eigenvalue weighted by molar-refractivity contribution is -0.130. The molecule has 4 aromatic rings. The zero-order valence-electron chi connectivity index (χ0n) is 20.5. The highest BCUT2D eigenvalue weighted by Crippen LogP contribution is 2.54. The summed E-state index contributed by atoms with van der Waals surface area (Å²) in [7, 11) is 0. The van der Waals surface area contributed by atoms with E-state index in [-0.39, 0.29) is 17.7 Å². The van der Waals surface area contributed by atoms with Crippen LogP contribution in [-0.4, -0.2) is 28.7 Å². The molecule has 184 valence electrons. The number of carbonyl (C=O) groups is 3. The fourth-order valence-electron chi connectivity index (χ4n) is 6.80. The number of hydrogen-bond donors (Lipinski definition) is 3. The molecule has 7 heteroatoms. The van der Waals surface area contributed by atoms with E-state index < -0.39 is 23.4 Å². The van der Waals surface area contributed by atoms with E-state index in [9.17, 15) is 14.4 Å². The molecule has 3 N–H and O–H groups in total. The first kappa shape index (κ1) is 22.0. The van der Waals surface area contributed by atoms with Crippen molar-refractivity contribution in [3.63, 3.8) is 0 Å². The first-order chi connectivity index (χ1) is 17.9. The van der Waals surface area contributed by atoms with E-state index in [1.54, 1.807) is 0 Å². The van der Waals surface area contributed by atoms with Gasteiger partial charge in [0.2, 0.25) is 17.7 Å². The second-order valence-electron chi connectivity index (χ2n) is 10.5. The minimum Gasteiger partial charge on any atom is -0.361 e. The van der Waals surface area contributed by atoms with Gasteiger partial charge in [-0.15, -0.1) is 0 Å². The Bertz CT molecular complexity index is 1620. The number of benzene rings is 3. The number of nitrogens with one attached hydrogen (secondary N) is 3. The third kappa shape index (κ3) is 2.95. The second kappa shape index (κ2) is 7.63. The maximum Gasteiger partial charge on any atom is 0.250 e. The molecule has 0 aliphatic carbocycles. The van der Waals surface area contributed by atoms with Crippen molar-refractivity contribution in [3.8, 4) is 0 Å². The van der Waals surface area contributed by atoms with Gasteiger partial charge in [-0.05, 0) is 61.2 Å². The summed E-state index contributed by atoms with van der Waals surface area (Å²) in [6, 6.07) is 20.8. The van der Waals surface area contributed by atoms with Crippen LogP contribution in [-0.2, 0) is 26.3 Å². The van der Waals surface area contributed by atoms with Crippen molar-refractivity contribution in [2.24, 2.45) is 11.8 Å². The molecular formula is C30H26N4O3. The third-order valence-electron chi connectivity index (χ3n) is 8.20. The van der Waals surface area contributed by atoms with E-state index in [2.05, 4.69) is 15.6 Å². The predicted molar refractivity (Wildman–Crippen MR) is 141 cm³/mol. The maximum absolute atomic E-state index is 14.2. The van der Waals surface area contributed by atoms with E-state index in [0.29, 0.717) is 17.8 Å². The van der Waals surface area contributed by atoms with Crippen LogP contribution in [0.1, 0.15) is 22.3 Å². The Hall–Kier alpha value is -4.23.